The summed E-state index contributed by atoms with van der Waals surface area (Å²) in [6.07, 6.45) is 1.49. The molecule has 4 rings (SSSR count). The average Bonchev–Trinajstić information content (AvgIpc) is 2.87. The molecule has 1 N–H and O–H groups in total. The average molecular weight is 499 g/mol. The summed E-state index contributed by atoms with van der Waals surface area (Å²) < 4.78 is 34.4. The molecule has 35 heavy (non-hydrogen) atoms. The Morgan fingerprint density at radius 2 is 1.83 bits per heavy atom. The molecule has 0 spiro atoms. The van der Waals surface area contributed by atoms with Crippen molar-refractivity contribution < 1.29 is 17.9 Å². The molecular weight excluding hydrogens is 468 g/mol. The number of likely N-dealkylation sites (N-methyl/N-ethyl adjacent to an activating group) is 1. The third kappa shape index (κ3) is 5.62. The highest BCUT2D eigenvalue weighted by atomic mass is 32.2. The third-order valence-electron chi connectivity index (χ3n) is 6.09. The molecule has 1 saturated heterocycles. The van der Waals surface area contributed by atoms with Gasteiger partial charge in [0, 0.05) is 51.4 Å². The summed E-state index contributed by atoms with van der Waals surface area (Å²) in [6, 6.07) is 14.5. The third-order valence-corrected chi connectivity index (χ3v) is 7.98. The van der Waals surface area contributed by atoms with Crippen molar-refractivity contribution in [3.8, 4) is 0 Å². The molecule has 0 saturated carbocycles. The predicted molar refractivity (Wildman–Crippen MR) is 134 cm³/mol. The molecule has 1 fully saturated rings. The quantitative estimate of drug-likeness (QED) is 0.504. The van der Waals surface area contributed by atoms with E-state index in [1.54, 1.807) is 17.7 Å². The fourth-order valence-corrected chi connectivity index (χ4v) is 5.59. The number of pyridine rings is 1. The Hall–Kier alpha value is -3.05. The zero-order valence-electron chi connectivity index (χ0n) is 19.9. The summed E-state index contributed by atoms with van der Waals surface area (Å²) in [7, 11) is -0.0792. The van der Waals surface area contributed by atoms with E-state index in [0.717, 1.165) is 6.54 Å². The van der Waals surface area contributed by atoms with Crippen molar-refractivity contribution in [3.05, 3.63) is 76.1 Å². The second kappa shape index (κ2) is 10.7. The number of nitrogens with zero attached hydrogens (tertiary/aromatic N) is 3. The maximum Gasteiger partial charge on any atom is 0.256 e. The molecule has 0 radical (unpaired) electrons. The Morgan fingerprint density at radius 1 is 1.11 bits per heavy atom. The van der Waals surface area contributed by atoms with E-state index in [1.807, 2.05) is 37.4 Å². The van der Waals surface area contributed by atoms with E-state index in [-0.39, 0.29) is 28.9 Å². The Bertz CT molecular complexity index is 1370. The number of hydrogen-bond donors (Lipinski definition) is 1. The van der Waals surface area contributed by atoms with Gasteiger partial charge in [-0.3, -0.25) is 9.59 Å². The highest BCUT2D eigenvalue weighted by Crippen LogP contribution is 2.21. The molecule has 9 nitrogen and oxygen atoms in total. The van der Waals surface area contributed by atoms with Crippen LogP contribution in [0, 0.1) is 0 Å². The maximum atomic E-state index is 13.2. The lowest BCUT2D eigenvalue weighted by Crippen LogP contribution is -2.40. The smallest absolute Gasteiger partial charge is 0.256 e. The minimum Gasteiger partial charge on any atom is -0.379 e. The van der Waals surface area contributed by atoms with Crippen LogP contribution in [0.2, 0.25) is 0 Å². The second-order valence-corrected chi connectivity index (χ2v) is 10.6. The Balaban J connectivity index is 1.51. The summed E-state index contributed by atoms with van der Waals surface area (Å²) >= 11 is 0. The zero-order chi connectivity index (χ0) is 25.0. The molecule has 1 aromatic heterocycles. The van der Waals surface area contributed by atoms with Crippen LogP contribution in [0.15, 0.2) is 64.4 Å². The first kappa shape index (κ1) is 25.1. The number of nitrogens with one attached hydrogen (secondary N) is 1. The van der Waals surface area contributed by atoms with Crippen LogP contribution in [0.3, 0.4) is 0 Å². The standard InChI is InChI=1S/C25H30N4O5S/c1-27(17-19-6-4-3-5-7-19)11-10-26-25(31)22-18-28(2)23-9-8-20(16-21(23)24(22)30)35(32,33)29-12-14-34-15-13-29/h3-9,16,18H,10-15,17H2,1-2H3,(H,26,31). The summed E-state index contributed by atoms with van der Waals surface area (Å²) in [5, 5.41) is 3.00. The maximum absolute atomic E-state index is 13.2. The van der Waals surface area contributed by atoms with Crippen molar-refractivity contribution in [2.45, 2.75) is 11.4 Å². The fraction of sp³-hybridized carbons (Fsp3) is 0.360. The van der Waals surface area contributed by atoms with Gasteiger partial charge < -0.3 is 19.5 Å². The lowest BCUT2D eigenvalue weighted by Gasteiger charge is -2.26. The van der Waals surface area contributed by atoms with E-state index < -0.39 is 21.4 Å². The van der Waals surface area contributed by atoms with Crippen LogP contribution in [0.25, 0.3) is 10.9 Å². The van der Waals surface area contributed by atoms with Crippen molar-refractivity contribution in [3.63, 3.8) is 0 Å². The van der Waals surface area contributed by atoms with Gasteiger partial charge in [-0.25, -0.2) is 8.42 Å². The summed E-state index contributed by atoms with van der Waals surface area (Å²) in [6.45, 7) is 2.91. The highest BCUT2D eigenvalue weighted by Gasteiger charge is 2.27. The van der Waals surface area contributed by atoms with Crippen molar-refractivity contribution in [1.82, 2.24) is 19.1 Å². The van der Waals surface area contributed by atoms with Gasteiger partial charge in [0.2, 0.25) is 15.5 Å². The number of fused-ring (bicyclic) bond motifs is 1. The van der Waals surface area contributed by atoms with Crippen LogP contribution in [-0.2, 0) is 28.4 Å². The van der Waals surface area contributed by atoms with E-state index >= 15 is 0 Å². The minimum absolute atomic E-state index is 0.0216. The van der Waals surface area contributed by atoms with Crippen LogP contribution in [0.5, 0.6) is 0 Å². The van der Waals surface area contributed by atoms with Gasteiger partial charge in [-0.1, -0.05) is 30.3 Å². The fourth-order valence-electron chi connectivity index (χ4n) is 4.16. The SMILES string of the molecule is CN(CCNC(=O)c1cn(C)c2ccc(S(=O)(=O)N3CCOCC3)cc2c1=O)Cc1ccccc1. The van der Waals surface area contributed by atoms with Crippen LogP contribution < -0.4 is 10.7 Å². The zero-order valence-corrected chi connectivity index (χ0v) is 20.8. The molecule has 1 amide bonds. The van der Waals surface area contributed by atoms with Gasteiger partial charge in [0.15, 0.2) is 0 Å². The van der Waals surface area contributed by atoms with E-state index in [9.17, 15) is 18.0 Å². The number of rotatable bonds is 8. The van der Waals surface area contributed by atoms with E-state index in [2.05, 4.69) is 10.2 Å². The van der Waals surface area contributed by atoms with Gasteiger partial charge in [0.1, 0.15) is 5.56 Å². The molecule has 2 aromatic carbocycles. The number of aryl methyl sites for hydroxylation is 1. The van der Waals surface area contributed by atoms with Gasteiger partial charge in [0.25, 0.3) is 5.91 Å². The van der Waals surface area contributed by atoms with E-state index in [4.69, 9.17) is 4.74 Å². The van der Waals surface area contributed by atoms with Gasteiger partial charge in [-0.15, -0.1) is 0 Å². The first-order chi connectivity index (χ1) is 16.8. The molecular formula is C25H30N4O5S. The number of benzene rings is 2. The first-order valence-corrected chi connectivity index (χ1v) is 12.9. The van der Waals surface area contributed by atoms with Crippen molar-refractivity contribution in [1.29, 1.82) is 0 Å². The number of amides is 1. The Labute approximate surface area is 205 Å². The molecule has 1 aliphatic rings. The van der Waals surface area contributed by atoms with Gasteiger partial charge in [-0.2, -0.15) is 4.31 Å². The molecule has 1 aliphatic heterocycles. The highest BCUT2D eigenvalue weighted by molar-refractivity contribution is 7.89. The van der Waals surface area contributed by atoms with E-state index in [0.29, 0.717) is 31.8 Å². The van der Waals surface area contributed by atoms with Crippen LogP contribution in [0.4, 0.5) is 0 Å². The first-order valence-electron chi connectivity index (χ1n) is 11.5. The Kier molecular flexibility index (Phi) is 7.66. The number of aromatic nitrogens is 1. The summed E-state index contributed by atoms with van der Waals surface area (Å²) in [4.78, 5) is 28.2. The molecule has 0 unspecified atom stereocenters. The molecule has 0 aliphatic carbocycles. The topological polar surface area (TPSA) is 101 Å². The van der Waals surface area contributed by atoms with Crippen LogP contribution >= 0.6 is 0 Å². The van der Waals surface area contributed by atoms with Crippen molar-refractivity contribution >= 4 is 26.8 Å². The minimum atomic E-state index is -3.77. The monoisotopic (exact) mass is 498 g/mol. The van der Waals surface area contributed by atoms with Crippen LogP contribution in [-0.4, -0.2) is 74.5 Å². The summed E-state index contributed by atoms with van der Waals surface area (Å²) in [5.74, 6) is -0.484. The van der Waals surface area contributed by atoms with Crippen LogP contribution in [0.1, 0.15) is 15.9 Å². The van der Waals surface area contributed by atoms with Gasteiger partial charge in [0.05, 0.1) is 23.6 Å². The van der Waals surface area contributed by atoms with Gasteiger partial charge >= 0.3 is 0 Å². The molecule has 2 heterocycles. The molecule has 0 atom stereocenters. The number of carbonyl (C=O) groups is 1. The number of sulfonamides is 1. The second-order valence-electron chi connectivity index (χ2n) is 8.66. The molecule has 186 valence electrons. The predicted octanol–water partition coefficient (Wildman–Crippen LogP) is 1.42. The number of ether oxygens (including phenoxy) is 1. The van der Waals surface area contributed by atoms with Gasteiger partial charge in [-0.05, 0) is 30.8 Å². The number of hydrogen-bond acceptors (Lipinski definition) is 6. The lowest BCUT2D eigenvalue weighted by molar-refractivity contribution is 0.0730. The largest absolute Gasteiger partial charge is 0.379 e. The molecule has 0 bridgehead atoms. The lowest BCUT2D eigenvalue weighted by atomic mass is 10.1. The molecule has 10 heteroatoms. The van der Waals surface area contributed by atoms with Crippen molar-refractivity contribution in [2.75, 3.05) is 46.4 Å². The number of carbonyl (C=O) groups excluding carboxylic acids is 1. The normalized spacial score (nSPS) is 14.9. The molecule has 3 aromatic rings. The van der Waals surface area contributed by atoms with Crippen molar-refractivity contribution in [2.24, 2.45) is 7.05 Å². The van der Waals surface area contributed by atoms with E-state index in [1.165, 1.54) is 28.2 Å². The number of morpholine rings is 1. The summed E-state index contributed by atoms with van der Waals surface area (Å²) in [5.41, 5.74) is 1.21. The Morgan fingerprint density at radius 3 is 2.54 bits per heavy atom.